The van der Waals surface area contributed by atoms with Gasteiger partial charge in [0.15, 0.2) is 6.61 Å². The molecule has 0 saturated heterocycles. The maximum absolute atomic E-state index is 12.7. The molecule has 1 aliphatic rings. The van der Waals surface area contributed by atoms with Crippen LogP contribution in [-0.4, -0.2) is 25.0 Å². The lowest BCUT2D eigenvalue weighted by Crippen LogP contribution is -2.38. The Hall–Kier alpha value is -3.60. The predicted molar refractivity (Wildman–Crippen MR) is 110 cm³/mol. The molecule has 0 unspecified atom stereocenters. The number of carbonyl (C=O) groups excluding carboxylic acids is 2. The third-order valence-corrected chi connectivity index (χ3v) is 4.82. The molecule has 146 valence electrons. The molecule has 3 aromatic carbocycles. The summed E-state index contributed by atoms with van der Waals surface area (Å²) in [6, 6.07) is 23.9. The number of hydrogen-bond acceptors (Lipinski definition) is 4. The zero-order chi connectivity index (χ0) is 20.1. The quantitative estimate of drug-likeness (QED) is 0.600. The van der Waals surface area contributed by atoms with Crippen LogP contribution in [0.2, 0.25) is 0 Å². The molecule has 0 N–H and O–H groups in total. The Morgan fingerprint density at radius 3 is 2.45 bits per heavy atom. The largest absolute Gasteiger partial charge is 0.456 e. The van der Waals surface area contributed by atoms with Crippen LogP contribution in [-0.2, 0) is 16.0 Å². The van der Waals surface area contributed by atoms with Crippen LogP contribution in [0.3, 0.4) is 0 Å². The molecule has 4 rings (SSSR count). The van der Waals surface area contributed by atoms with E-state index in [2.05, 4.69) is 0 Å². The number of para-hydroxylation sites is 3. The number of benzene rings is 3. The molecule has 0 aromatic heterocycles. The first kappa shape index (κ1) is 18.7. The smallest absolute Gasteiger partial charge is 0.342 e. The highest BCUT2D eigenvalue weighted by Gasteiger charge is 2.24. The third-order valence-electron chi connectivity index (χ3n) is 4.82. The molecule has 0 spiro atoms. The maximum atomic E-state index is 12.7. The fourth-order valence-electron chi connectivity index (χ4n) is 3.42. The van der Waals surface area contributed by atoms with Crippen LogP contribution in [0, 0.1) is 0 Å². The number of nitrogens with zero attached hydrogens (tertiary/aromatic N) is 1. The van der Waals surface area contributed by atoms with Crippen molar-refractivity contribution in [1.29, 1.82) is 0 Å². The molecule has 29 heavy (non-hydrogen) atoms. The van der Waals surface area contributed by atoms with Crippen molar-refractivity contribution in [1.82, 2.24) is 0 Å². The summed E-state index contributed by atoms with van der Waals surface area (Å²) in [4.78, 5) is 27.0. The second kappa shape index (κ2) is 8.61. The van der Waals surface area contributed by atoms with Crippen LogP contribution in [0.1, 0.15) is 22.3 Å². The first-order valence-corrected chi connectivity index (χ1v) is 9.60. The SMILES string of the molecule is O=C(OCC(=O)N1CCCc2ccccc21)c1ccccc1Oc1ccccc1. The van der Waals surface area contributed by atoms with Crippen LogP contribution in [0.15, 0.2) is 78.9 Å². The average Bonchev–Trinajstić information content (AvgIpc) is 2.78. The topological polar surface area (TPSA) is 55.8 Å². The average molecular weight is 387 g/mol. The molecule has 1 heterocycles. The van der Waals surface area contributed by atoms with Crippen molar-refractivity contribution in [2.45, 2.75) is 12.8 Å². The molecular formula is C24H21NO4. The summed E-state index contributed by atoms with van der Waals surface area (Å²) in [5.74, 6) is 0.190. The van der Waals surface area contributed by atoms with E-state index < -0.39 is 5.97 Å². The van der Waals surface area contributed by atoms with Gasteiger partial charge in [0, 0.05) is 12.2 Å². The van der Waals surface area contributed by atoms with Gasteiger partial charge < -0.3 is 14.4 Å². The van der Waals surface area contributed by atoms with Crippen molar-refractivity contribution in [2.75, 3.05) is 18.1 Å². The Balaban J connectivity index is 1.44. The molecule has 5 nitrogen and oxygen atoms in total. The monoisotopic (exact) mass is 387 g/mol. The first-order valence-electron chi connectivity index (χ1n) is 9.60. The Labute approximate surface area is 169 Å². The van der Waals surface area contributed by atoms with Crippen molar-refractivity contribution < 1.29 is 19.1 Å². The van der Waals surface area contributed by atoms with Gasteiger partial charge in [0.05, 0.1) is 0 Å². The summed E-state index contributed by atoms with van der Waals surface area (Å²) in [5, 5.41) is 0. The summed E-state index contributed by atoms with van der Waals surface area (Å²) < 4.78 is 11.1. The van der Waals surface area contributed by atoms with Gasteiger partial charge in [-0.2, -0.15) is 0 Å². The van der Waals surface area contributed by atoms with Gasteiger partial charge in [-0.1, -0.05) is 48.5 Å². The lowest BCUT2D eigenvalue weighted by molar-refractivity contribution is -0.121. The minimum absolute atomic E-state index is 0.230. The molecule has 0 atom stereocenters. The summed E-state index contributed by atoms with van der Waals surface area (Å²) in [5.41, 5.74) is 2.32. The van der Waals surface area contributed by atoms with E-state index in [-0.39, 0.29) is 18.1 Å². The number of carbonyl (C=O) groups is 2. The van der Waals surface area contributed by atoms with Crippen molar-refractivity contribution in [3.8, 4) is 11.5 Å². The van der Waals surface area contributed by atoms with Crippen LogP contribution < -0.4 is 9.64 Å². The highest BCUT2D eigenvalue weighted by molar-refractivity contribution is 5.98. The third kappa shape index (κ3) is 4.29. The molecule has 1 aliphatic heterocycles. The van der Waals surface area contributed by atoms with Gasteiger partial charge in [0.25, 0.3) is 5.91 Å². The molecule has 0 saturated carbocycles. The van der Waals surface area contributed by atoms with Gasteiger partial charge in [0.2, 0.25) is 0 Å². The Morgan fingerprint density at radius 1 is 0.862 bits per heavy atom. The fraction of sp³-hybridized carbons (Fsp3) is 0.167. The number of esters is 1. The van der Waals surface area contributed by atoms with Gasteiger partial charge in [-0.3, -0.25) is 4.79 Å². The number of rotatable bonds is 5. The highest BCUT2D eigenvalue weighted by Crippen LogP contribution is 2.28. The van der Waals surface area contributed by atoms with Crippen LogP contribution >= 0.6 is 0 Å². The number of anilines is 1. The van der Waals surface area contributed by atoms with E-state index in [0.29, 0.717) is 18.0 Å². The van der Waals surface area contributed by atoms with E-state index in [9.17, 15) is 9.59 Å². The summed E-state index contributed by atoms with van der Waals surface area (Å²) in [7, 11) is 0. The Morgan fingerprint density at radius 2 is 1.59 bits per heavy atom. The van der Waals surface area contributed by atoms with E-state index in [1.807, 2.05) is 42.5 Å². The van der Waals surface area contributed by atoms with Gasteiger partial charge in [-0.25, -0.2) is 4.79 Å². The van der Waals surface area contributed by atoms with Gasteiger partial charge >= 0.3 is 5.97 Å². The minimum Gasteiger partial charge on any atom is -0.456 e. The molecule has 0 aliphatic carbocycles. The molecular weight excluding hydrogens is 366 g/mol. The molecule has 1 amide bonds. The van der Waals surface area contributed by atoms with Crippen LogP contribution in [0.25, 0.3) is 0 Å². The minimum atomic E-state index is -0.588. The lowest BCUT2D eigenvalue weighted by atomic mass is 10.0. The highest BCUT2D eigenvalue weighted by atomic mass is 16.5. The van der Waals surface area contributed by atoms with Crippen LogP contribution in [0.5, 0.6) is 11.5 Å². The van der Waals surface area contributed by atoms with E-state index in [4.69, 9.17) is 9.47 Å². The molecule has 5 heteroatoms. The summed E-state index contributed by atoms with van der Waals surface area (Å²) >= 11 is 0. The zero-order valence-corrected chi connectivity index (χ0v) is 15.9. The van der Waals surface area contributed by atoms with Crippen LogP contribution in [0.4, 0.5) is 5.69 Å². The van der Waals surface area contributed by atoms with E-state index >= 15 is 0 Å². The van der Waals surface area contributed by atoms with Gasteiger partial charge in [0.1, 0.15) is 17.1 Å². The second-order valence-electron chi connectivity index (χ2n) is 6.77. The number of ether oxygens (including phenoxy) is 2. The van der Waals surface area contributed by atoms with E-state index in [0.717, 1.165) is 24.1 Å². The standard InChI is InChI=1S/C24H21NO4/c26-23(25-16-8-10-18-9-4-6-14-21(18)25)17-28-24(27)20-13-5-7-15-22(20)29-19-11-2-1-3-12-19/h1-7,9,11-15H,8,10,16-17H2. The van der Waals surface area contributed by atoms with Crippen molar-refractivity contribution in [3.63, 3.8) is 0 Å². The van der Waals surface area contributed by atoms with Crippen molar-refractivity contribution in [3.05, 3.63) is 90.0 Å². The number of amides is 1. The van der Waals surface area contributed by atoms with Gasteiger partial charge in [-0.05, 0) is 48.7 Å². The Kier molecular flexibility index (Phi) is 5.56. The number of hydrogen-bond donors (Lipinski definition) is 0. The van der Waals surface area contributed by atoms with Crippen molar-refractivity contribution >= 4 is 17.6 Å². The normalized spacial score (nSPS) is 12.8. The van der Waals surface area contributed by atoms with E-state index in [1.165, 1.54) is 0 Å². The van der Waals surface area contributed by atoms with E-state index in [1.54, 1.807) is 41.3 Å². The second-order valence-corrected chi connectivity index (χ2v) is 6.77. The summed E-state index contributed by atoms with van der Waals surface area (Å²) in [6.45, 7) is 0.313. The first-order chi connectivity index (χ1) is 14.2. The molecule has 0 fully saturated rings. The molecule has 0 bridgehead atoms. The zero-order valence-electron chi connectivity index (χ0n) is 15.9. The lowest BCUT2D eigenvalue weighted by Gasteiger charge is -2.29. The molecule has 3 aromatic rings. The number of fused-ring (bicyclic) bond motifs is 1. The predicted octanol–water partition coefficient (Wildman–Crippen LogP) is 4.62. The summed E-state index contributed by atoms with van der Waals surface area (Å²) in [6.07, 6.45) is 1.84. The maximum Gasteiger partial charge on any atom is 0.342 e. The number of aryl methyl sites for hydroxylation is 1. The Bertz CT molecular complexity index is 1020. The van der Waals surface area contributed by atoms with Gasteiger partial charge in [-0.15, -0.1) is 0 Å². The van der Waals surface area contributed by atoms with Crippen molar-refractivity contribution in [2.24, 2.45) is 0 Å². The fourth-order valence-corrected chi connectivity index (χ4v) is 3.42. The molecule has 0 radical (unpaired) electrons.